The number of hydrogen-bond donors (Lipinski definition) is 0. The molecule has 1 aromatic carbocycles. The Morgan fingerprint density at radius 1 is 1.21 bits per heavy atom. The maximum atomic E-state index is 5.51. The number of fused-ring (bicyclic) bond motifs is 1. The number of rotatable bonds is 1. The molecule has 0 N–H and O–H groups in total. The summed E-state index contributed by atoms with van der Waals surface area (Å²) in [7, 11) is 0. The molecule has 4 heteroatoms. The molecule has 0 aliphatic carbocycles. The Kier molecular flexibility index (Phi) is 1.92. The van der Waals surface area contributed by atoms with Crippen molar-refractivity contribution in [3.8, 4) is 11.5 Å². The minimum atomic E-state index is 0.252. The van der Waals surface area contributed by atoms with Gasteiger partial charge in [0.2, 0.25) is 0 Å². The van der Waals surface area contributed by atoms with E-state index < -0.39 is 0 Å². The van der Waals surface area contributed by atoms with E-state index in [1.165, 1.54) is 0 Å². The van der Waals surface area contributed by atoms with Crippen LogP contribution in [0, 0.1) is 0 Å². The van der Waals surface area contributed by atoms with Crippen LogP contribution in [-0.2, 0) is 4.74 Å². The second kappa shape index (κ2) is 3.14. The van der Waals surface area contributed by atoms with E-state index in [9.17, 15) is 0 Å². The number of ether oxygens (including phenoxy) is 3. The summed E-state index contributed by atoms with van der Waals surface area (Å²) in [5.74, 6) is 1.62. The molecule has 0 saturated carbocycles. The number of benzene rings is 1. The zero-order valence-corrected chi connectivity index (χ0v) is 9.04. The molecule has 1 atom stereocenters. The molecule has 0 aromatic heterocycles. The Morgan fingerprint density at radius 3 is 2.79 bits per heavy atom. The van der Waals surface area contributed by atoms with Crippen LogP contribution in [0.5, 0.6) is 11.5 Å². The van der Waals surface area contributed by atoms with Crippen LogP contribution in [-0.4, -0.2) is 19.8 Å². The molecule has 3 rings (SSSR count). The fourth-order valence-corrected chi connectivity index (χ4v) is 2.13. The minimum Gasteiger partial charge on any atom is -0.486 e. The van der Waals surface area contributed by atoms with Gasteiger partial charge >= 0.3 is 0 Å². The summed E-state index contributed by atoms with van der Waals surface area (Å²) in [5, 5.41) is 0. The zero-order valence-electron chi connectivity index (χ0n) is 7.46. The van der Waals surface area contributed by atoms with Gasteiger partial charge in [-0.2, -0.15) is 0 Å². The van der Waals surface area contributed by atoms with E-state index in [0.29, 0.717) is 13.2 Å². The van der Waals surface area contributed by atoms with Gasteiger partial charge < -0.3 is 14.2 Å². The van der Waals surface area contributed by atoms with Gasteiger partial charge in [0.05, 0.1) is 11.1 Å². The van der Waals surface area contributed by atoms with E-state index in [1.807, 2.05) is 12.1 Å². The van der Waals surface area contributed by atoms with Crippen molar-refractivity contribution in [3.05, 3.63) is 22.2 Å². The van der Waals surface area contributed by atoms with E-state index in [0.717, 1.165) is 28.1 Å². The number of hydrogen-bond acceptors (Lipinski definition) is 3. The maximum absolute atomic E-state index is 5.51. The normalized spacial score (nSPS) is 23.4. The topological polar surface area (TPSA) is 31.0 Å². The fraction of sp³-hybridized carbons (Fsp3) is 0.400. The van der Waals surface area contributed by atoms with Crippen LogP contribution in [0.3, 0.4) is 0 Å². The molecular formula is C10H9BrO3. The molecular weight excluding hydrogens is 248 g/mol. The van der Waals surface area contributed by atoms with Crippen LogP contribution in [0.1, 0.15) is 11.7 Å². The van der Waals surface area contributed by atoms with Crippen LogP contribution in [0.4, 0.5) is 0 Å². The SMILES string of the molecule is Brc1cc(C2CO2)cc2c1OCCO2. The van der Waals surface area contributed by atoms with Crippen LogP contribution < -0.4 is 9.47 Å². The standard InChI is InChI=1S/C10H9BrO3/c11-7-3-6(9-5-14-9)4-8-10(7)13-2-1-12-8/h3-4,9H,1-2,5H2. The van der Waals surface area contributed by atoms with Gasteiger partial charge in [0.1, 0.15) is 19.3 Å². The Balaban J connectivity index is 2.06. The molecule has 1 aromatic rings. The lowest BCUT2D eigenvalue weighted by Gasteiger charge is -2.20. The second-order valence-corrected chi connectivity index (χ2v) is 4.20. The predicted molar refractivity (Wildman–Crippen MR) is 53.8 cm³/mol. The third-order valence-corrected chi connectivity index (χ3v) is 2.91. The first kappa shape index (κ1) is 8.56. The summed E-state index contributed by atoms with van der Waals surface area (Å²) in [5.41, 5.74) is 1.15. The first-order chi connectivity index (χ1) is 6.84. The Hall–Kier alpha value is -0.740. The van der Waals surface area contributed by atoms with Gasteiger partial charge in [0.15, 0.2) is 11.5 Å². The summed E-state index contributed by atoms with van der Waals surface area (Å²) in [6.45, 7) is 2.05. The van der Waals surface area contributed by atoms with Crippen LogP contribution in [0.25, 0.3) is 0 Å². The molecule has 0 radical (unpaired) electrons. The van der Waals surface area contributed by atoms with Crippen LogP contribution in [0.2, 0.25) is 0 Å². The highest BCUT2D eigenvalue weighted by molar-refractivity contribution is 9.10. The van der Waals surface area contributed by atoms with Crippen LogP contribution >= 0.6 is 15.9 Å². The highest BCUT2D eigenvalue weighted by Crippen LogP contribution is 2.42. The monoisotopic (exact) mass is 256 g/mol. The molecule has 14 heavy (non-hydrogen) atoms. The van der Waals surface area contributed by atoms with Crippen molar-refractivity contribution in [3.63, 3.8) is 0 Å². The molecule has 0 bridgehead atoms. The number of epoxide rings is 1. The average molecular weight is 257 g/mol. The first-order valence-electron chi connectivity index (χ1n) is 4.55. The number of halogens is 1. The van der Waals surface area contributed by atoms with Crippen molar-refractivity contribution in [2.75, 3.05) is 19.8 Å². The molecule has 2 aliphatic heterocycles. The van der Waals surface area contributed by atoms with Gasteiger partial charge in [-0.3, -0.25) is 0 Å². The van der Waals surface area contributed by atoms with E-state index in [-0.39, 0.29) is 6.10 Å². The summed E-state index contributed by atoms with van der Waals surface area (Å²) >= 11 is 3.47. The lowest BCUT2D eigenvalue weighted by molar-refractivity contribution is 0.170. The minimum absolute atomic E-state index is 0.252. The van der Waals surface area contributed by atoms with Crippen molar-refractivity contribution < 1.29 is 14.2 Å². The summed E-state index contributed by atoms with van der Waals surface area (Å²) in [6.07, 6.45) is 0.252. The average Bonchev–Trinajstić information content (AvgIpc) is 3.01. The van der Waals surface area contributed by atoms with Crippen molar-refractivity contribution in [2.45, 2.75) is 6.10 Å². The highest BCUT2D eigenvalue weighted by Gasteiger charge is 2.27. The first-order valence-corrected chi connectivity index (χ1v) is 5.34. The highest BCUT2D eigenvalue weighted by atomic mass is 79.9. The molecule has 1 fully saturated rings. The molecule has 1 saturated heterocycles. The molecule has 1 unspecified atom stereocenters. The predicted octanol–water partition coefficient (Wildman–Crippen LogP) is 2.29. The van der Waals surface area contributed by atoms with Crippen LogP contribution in [0.15, 0.2) is 16.6 Å². The Bertz CT molecular complexity index is 374. The van der Waals surface area contributed by atoms with E-state index in [4.69, 9.17) is 14.2 Å². The lowest BCUT2D eigenvalue weighted by Crippen LogP contribution is -2.15. The summed E-state index contributed by atoms with van der Waals surface area (Å²) < 4.78 is 17.2. The fourth-order valence-electron chi connectivity index (χ4n) is 1.56. The largest absolute Gasteiger partial charge is 0.486 e. The Morgan fingerprint density at radius 2 is 2.00 bits per heavy atom. The van der Waals surface area contributed by atoms with Crippen molar-refractivity contribution >= 4 is 15.9 Å². The van der Waals surface area contributed by atoms with E-state index in [2.05, 4.69) is 15.9 Å². The van der Waals surface area contributed by atoms with Gasteiger partial charge in [-0.25, -0.2) is 0 Å². The molecule has 0 spiro atoms. The lowest BCUT2D eigenvalue weighted by atomic mass is 10.1. The smallest absolute Gasteiger partial charge is 0.175 e. The van der Waals surface area contributed by atoms with E-state index in [1.54, 1.807) is 0 Å². The maximum Gasteiger partial charge on any atom is 0.175 e. The molecule has 74 valence electrons. The molecule has 2 heterocycles. The third-order valence-electron chi connectivity index (χ3n) is 2.32. The molecule has 0 amide bonds. The third kappa shape index (κ3) is 1.38. The van der Waals surface area contributed by atoms with E-state index >= 15 is 0 Å². The van der Waals surface area contributed by atoms with Crippen molar-refractivity contribution in [1.82, 2.24) is 0 Å². The Labute approximate surface area is 90.1 Å². The summed E-state index contributed by atoms with van der Waals surface area (Å²) in [6, 6.07) is 4.03. The zero-order chi connectivity index (χ0) is 9.54. The van der Waals surface area contributed by atoms with Gasteiger partial charge in [-0.05, 0) is 33.6 Å². The second-order valence-electron chi connectivity index (χ2n) is 3.35. The van der Waals surface area contributed by atoms with Gasteiger partial charge in [0.25, 0.3) is 0 Å². The molecule has 3 nitrogen and oxygen atoms in total. The van der Waals surface area contributed by atoms with Crippen molar-refractivity contribution in [2.24, 2.45) is 0 Å². The van der Waals surface area contributed by atoms with Gasteiger partial charge in [-0.1, -0.05) is 0 Å². The van der Waals surface area contributed by atoms with Gasteiger partial charge in [-0.15, -0.1) is 0 Å². The molecule has 2 aliphatic rings. The van der Waals surface area contributed by atoms with Crippen molar-refractivity contribution in [1.29, 1.82) is 0 Å². The quantitative estimate of drug-likeness (QED) is 0.723. The summed E-state index contributed by atoms with van der Waals surface area (Å²) in [4.78, 5) is 0. The van der Waals surface area contributed by atoms with Gasteiger partial charge in [0, 0.05) is 0 Å².